The SMILES string of the molecule is [C-]#[N+]c1ccc(OC2CCC(Oc3ccc(C(C)=O)cc3)CC2)cc1Cl. The summed E-state index contributed by atoms with van der Waals surface area (Å²) in [4.78, 5) is 14.7. The van der Waals surface area contributed by atoms with Gasteiger partial charge in [0, 0.05) is 5.56 Å². The summed E-state index contributed by atoms with van der Waals surface area (Å²) >= 11 is 6.06. The number of nitrogens with zero attached hydrogens (tertiary/aromatic N) is 1. The molecule has 0 atom stereocenters. The minimum absolute atomic E-state index is 0.0544. The average Bonchev–Trinajstić information content (AvgIpc) is 2.64. The first-order chi connectivity index (χ1) is 12.5. The summed E-state index contributed by atoms with van der Waals surface area (Å²) in [5.41, 5.74) is 1.13. The molecular formula is C21H20ClNO3. The van der Waals surface area contributed by atoms with Gasteiger partial charge in [-0.3, -0.25) is 4.79 Å². The van der Waals surface area contributed by atoms with E-state index in [4.69, 9.17) is 27.6 Å². The smallest absolute Gasteiger partial charge is 0.205 e. The highest BCUT2D eigenvalue weighted by molar-refractivity contribution is 6.33. The number of benzene rings is 2. The molecule has 1 aliphatic carbocycles. The number of carbonyl (C=O) groups is 1. The molecule has 0 aliphatic heterocycles. The maximum absolute atomic E-state index is 11.3. The fraction of sp³-hybridized carbons (Fsp3) is 0.333. The molecule has 26 heavy (non-hydrogen) atoms. The normalized spacial score (nSPS) is 19.4. The van der Waals surface area contributed by atoms with Gasteiger partial charge in [0.15, 0.2) is 5.78 Å². The second-order valence-electron chi connectivity index (χ2n) is 6.44. The van der Waals surface area contributed by atoms with E-state index in [0.717, 1.165) is 31.4 Å². The molecule has 1 fully saturated rings. The van der Waals surface area contributed by atoms with Crippen LogP contribution in [0, 0.1) is 6.57 Å². The van der Waals surface area contributed by atoms with Crippen LogP contribution in [0.4, 0.5) is 5.69 Å². The Morgan fingerprint density at radius 2 is 1.54 bits per heavy atom. The monoisotopic (exact) mass is 369 g/mol. The molecule has 1 aliphatic rings. The Hall–Kier alpha value is -2.51. The molecular weight excluding hydrogens is 350 g/mol. The van der Waals surface area contributed by atoms with Gasteiger partial charge in [0.1, 0.15) is 11.5 Å². The van der Waals surface area contributed by atoms with Crippen molar-refractivity contribution in [3.8, 4) is 11.5 Å². The number of ether oxygens (including phenoxy) is 2. The summed E-state index contributed by atoms with van der Waals surface area (Å²) in [6.45, 7) is 8.58. The third-order valence-electron chi connectivity index (χ3n) is 4.53. The third-order valence-corrected chi connectivity index (χ3v) is 4.83. The van der Waals surface area contributed by atoms with E-state index in [1.165, 1.54) is 0 Å². The van der Waals surface area contributed by atoms with Gasteiger partial charge >= 0.3 is 0 Å². The van der Waals surface area contributed by atoms with Crippen LogP contribution in [0.1, 0.15) is 43.0 Å². The van der Waals surface area contributed by atoms with Crippen molar-refractivity contribution in [1.82, 2.24) is 0 Å². The Labute approximate surface area is 158 Å². The van der Waals surface area contributed by atoms with E-state index in [0.29, 0.717) is 22.0 Å². The molecule has 1 saturated carbocycles. The zero-order valence-electron chi connectivity index (χ0n) is 14.6. The minimum atomic E-state index is 0.0544. The van der Waals surface area contributed by atoms with E-state index in [1.54, 1.807) is 37.3 Å². The summed E-state index contributed by atoms with van der Waals surface area (Å²) in [6, 6.07) is 12.5. The maximum atomic E-state index is 11.3. The maximum Gasteiger partial charge on any atom is 0.205 e. The van der Waals surface area contributed by atoms with Gasteiger partial charge in [0.25, 0.3) is 0 Å². The Balaban J connectivity index is 1.50. The molecule has 0 heterocycles. The molecule has 2 aromatic carbocycles. The first-order valence-electron chi connectivity index (χ1n) is 8.66. The van der Waals surface area contributed by atoms with Gasteiger partial charge in [-0.05, 0) is 69.0 Å². The molecule has 134 valence electrons. The zero-order chi connectivity index (χ0) is 18.5. The van der Waals surface area contributed by atoms with Gasteiger partial charge in [0.2, 0.25) is 5.69 Å². The third kappa shape index (κ3) is 4.56. The predicted molar refractivity (Wildman–Crippen MR) is 101 cm³/mol. The number of hydrogen-bond donors (Lipinski definition) is 0. The van der Waals surface area contributed by atoms with E-state index in [2.05, 4.69) is 4.85 Å². The lowest BCUT2D eigenvalue weighted by molar-refractivity contribution is 0.0806. The number of ketones is 1. The zero-order valence-corrected chi connectivity index (χ0v) is 15.3. The second kappa shape index (κ2) is 8.25. The number of Topliss-reactive ketones (excluding diaryl/α,β-unsaturated/α-hetero) is 1. The molecule has 0 N–H and O–H groups in total. The summed E-state index contributed by atoms with van der Waals surface area (Å²) in [7, 11) is 0. The Kier molecular flexibility index (Phi) is 5.80. The van der Waals surface area contributed by atoms with Gasteiger partial charge in [-0.15, -0.1) is 0 Å². The van der Waals surface area contributed by atoms with Gasteiger partial charge in [-0.25, -0.2) is 4.85 Å². The molecule has 0 amide bonds. The van der Waals surface area contributed by atoms with Crippen LogP contribution < -0.4 is 9.47 Å². The number of hydrogen-bond acceptors (Lipinski definition) is 3. The van der Waals surface area contributed by atoms with Crippen LogP contribution in [-0.4, -0.2) is 18.0 Å². The quantitative estimate of drug-likeness (QED) is 0.489. The fourth-order valence-electron chi connectivity index (χ4n) is 3.07. The number of rotatable bonds is 5. The topological polar surface area (TPSA) is 39.9 Å². The van der Waals surface area contributed by atoms with Crippen LogP contribution in [0.3, 0.4) is 0 Å². The molecule has 3 rings (SSSR count). The minimum Gasteiger partial charge on any atom is -0.490 e. The number of halogens is 1. The molecule has 2 aromatic rings. The lowest BCUT2D eigenvalue weighted by atomic mass is 9.95. The van der Waals surface area contributed by atoms with Crippen LogP contribution >= 0.6 is 11.6 Å². The van der Waals surface area contributed by atoms with Gasteiger partial charge in [0.05, 0.1) is 23.8 Å². The first kappa shape index (κ1) is 18.3. The van der Waals surface area contributed by atoms with E-state index in [-0.39, 0.29) is 18.0 Å². The van der Waals surface area contributed by atoms with Crippen molar-refractivity contribution in [2.75, 3.05) is 0 Å². The Morgan fingerprint density at radius 3 is 2.04 bits per heavy atom. The highest BCUT2D eigenvalue weighted by Gasteiger charge is 2.24. The summed E-state index contributed by atoms with van der Waals surface area (Å²) < 4.78 is 12.0. The van der Waals surface area contributed by atoms with Crippen LogP contribution in [0.2, 0.25) is 5.02 Å². The van der Waals surface area contributed by atoms with Crippen LogP contribution in [0.15, 0.2) is 42.5 Å². The molecule has 5 heteroatoms. The molecule has 0 spiro atoms. The van der Waals surface area contributed by atoms with E-state index < -0.39 is 0 Å². The standard InChI is InChI=1S/C21H20ClNO3/c1-14(24)15-3-5-16(6-4-15)25-17-7-9-18(10-8-17)26-19-11-12-21(23-2)20(22)13-19/h3-6,11-13,17-18H,7-10H2,1H3. The molecule has 4 nitrogen and oxygen atoms in total. The Morgan fingerprint density at radius 1 is 1.00 bits per heavy atom. The van der Waals surface area contributed by atoms with Crippen molar-refractivity contribution in [3.63, 3.8) is 0 Å². The largest absolute Gasteiger partial charge is 0.490 e. The lowest BCUT2D eigenvalue weighted by Crippen LogP contribution is -2.30. The van der Waals surface area contributed by atoms with Crippen molar-refractivity contribution in [2.45, 2.75) is 44.8 Å². The molecule has 0 aromatic heterocycles. The molecule has 0 radical (unpaired) electrons. The first-order valence-corrected chi connectivity index (χ1v) is 9.04. The highest BCUT2D eigenvalue weighted by atomic mass is 35.5. The average molecular weight is 370 g/mol. The van der Waals surface area contributed by atoms with Crippen molar-refractivity contribution in [3.05, 3.63) is 64.5 Å². The Bertz CT molecular complexity index is 818. The summed E-state index contributed by atoms with van der Waals surface area (Å²) in [5.74, 6) is 1.55. The van der Waals surface area contributed by atoms with E-state index in [9.17, 15) is 4.79 Å². The molecule has 0 saturated heterocycles. The van der Waals surface area contributed by atoms with Gasteiger partial charge < -0.3 is 9.47 Å². The number of carbonyl (C=O) groups excluding carboxylic acids is 1. The molecule has 0 bridgehead atoms. The summed E-state index contributed by atoms with van der Waals surface area (Å²) in [5, 5.41) is 0.420. The van der Waals surface area contributed by atoms with Gasteiger partial charge in [-0.1, -0.05) is 17.7 Å². The van der Waals surface area contributed by atoms with Crippen LogP contribution in [-0.2, 0) is 0 Å². The van der Waals surface area contributed by atoms with Crippen LogP contribution in [0.25, 0.3) is 4.85 Å². The van der Waals surface area contributed by atoms with E-state index in [1.807, 2.05) is 12.1 Å². The lowest BCUT2D eigenvalue weighted by Gasteiger charge is -2.29. The highest BCUT2D eigenvalue weighted by Crippen LogP contribution is 2.32. The van der Waals surface area contributed by atoms with Crippen molar-refractivity contribution in [2.24, 2.45) is 0 Å². The fourth-order valence-corrected chi connectivity index (χ4v) is 3.29. The second-order valence-corrected chi connectivity index (χ2v) is 6.85. The predicted octanol–water partition coefficient (Wildman–Crippen LogP) is 5.86. The van der Waals surface area contributed by atoms with Crippen LogP contribution in [0.5, 0.6) is 11.5 Å². The molecule has 0 unspecified atom stereocenters. The van der Waals surface area contributed by atoms with Crippen molar-refractivity contribution in [1.29, 1.82) is 0 Å². The van der Waals surface area contributed by atoms with Crippen molar-refractivity contribution < 1.29 is 14.3 Å². The van der Waals surface area contributed by atoms with Gasteiger partial charge in [-0.2, -0.15) is 0 Å². The summed E-state index contributed by atoms with van der Waals surface area (Å²) in [6.07, 6.45) is 3.91. The van der Waals surface area contributed by atoms with Crippen molar-refractivity contribution >= 4 is 23.1 Å². The van der Waals surface area contributed by atoms with E-state index >= 15 is 0 Å².